The molecular formula is C15H23N3. The molecule has 1 aromatic carbocycles. The van der Waals surface area contributed by atoms with E-state index in [2.05, 4.69) is 47.2 Å². The molecule has 2 aliphatic rings. The molecule has 1 saturated heterocycles. The topological polar surface area (TPSA) is 32.5 Å². The third-order valence-electron chi connectivity index (χ3n) is 4.43. The summed E-state index contributed by atoms with van der Waals surface area (Å²) in [7, 11) is 2.19. The average molecular weight is 245 g/mol. The Morgan fingerprint density at radius 2 is 1.83 bits per heavy atom. The minimum atomic E-state index is 0.0251. The SMILES string of the molecule is CN1CCN(CC2(N)CC2c2ccccc2)CC1. The lowest BCUT2D eigenvalue weighted by molar-refractivity contribution is 0.143. The summed E-state index contributed by atoms with van der Waals surface area (Å²) in [5.74, 6) is 0.568. The van der Waals surface area contributed by atoms with Gasteiger partial charge in [0.25, 0.3) is 0 Å². The van der Waals surface area contributed by atoms with Crippen molar-refractivity contribution in [1.82, 2.24) is 9.80 Å². The van der Waals surface area contributed by atoms with Crippen LogP contribution in [-0.4, -0.2) is 55.1 Å². The molecule has 1 aliphatic carbocycles. The van der Waals surface area contributed by atoms with Gasteiger partial charge in [-0.3, -0.25) is 4.90 Å². The summed E-state index contributed by atoms with van der Waals surface area (Å²) >= 11 is 0. The zero-order valence-corrected chi connectivity index (χ0v) is 11.2. The first-order valence-electron chi connectivity index (χ1n) is 6.92. The van der Waals surface area contributed by atoms with Crippen LogP contribution in [-0.2, 0) is 0 Å². The molecule has 2 fully saturated rings. The molecule has 0 spiro atoms. The lowest BCUT2D eigenvalue weighted by Gasteiger charge is -2.34. The molecule has 98 valence electrons. The highest BCUT2D eigenvalue weighted by Crippen LogP contribution is 2.49. The van der Waals surface area contributed by atoms with Gasteiger partial charge in [-0.2, -0.15) is 0 Å². The quantitative estimate of drug-likeness (QED) is 0.866. The molecule has 2 unspecified atom stereocenters. The Morgan fingerprint density at radius 1 is 1.17 bits per heavy atom. The van der Waals surface area contributed by atoms with Gasteiger partial charge in [0.05, 0.1) is 0 Å². The largest absolute Gasteiger partial charge is 0.323 e. The van der Waals surface area contributed by atoms with Crippen molar-refractivity contribution in [2.45, 2.75) is 17.9 Å². The predicted octanol–water partition coefficient (Wildman–Crippen LogP) is 1.12. The second kappa shape index (κ2) is 4.65. The van der Waals surface area contributed by atoms with Gasteiger partial charge >= 0.3 is 0 Å². The molecule has 18 heavy (non-hydrogen) atoms. The van der Waals surface area contributed by atoms with E-state index in [0.717, 1.165) is 26.1 Å². The summed E-state index contributed by atoms with van der Waals surface area (Å²) in [6.07, 6.45) is 1.14. The zero-order chi connectivity index (χ0) is 12.6. The molecule has 0 amide bonds. The van der Waals surface area contributed by atoms with E-state index < -0.39 is 0 Å². The first-order chi connectivity index (χ1) is 8.67. The first kappa shape index (κ1) is 12.2. The van der Waals surface area contributed by atoms with Gasteiger partial charge in [0.2, 0.25) is 0 Å². The van der Waals surface area contributed by atoms with Crippen LogP contribution in [0.3, 0.4) is 0 Å². The van der Waals surface area contributed by atoms with Crippen LogP contribution in [0.5, 0.6) is 0 Å². The van der Waals surface area contributed by atoms with Gasteiger partial charge in [-0.1, -0.05) is 30.3 Å². The van der Waals surface area contributed by atoms with Crippen LogP contribution in [0.1, 0.15) is 17.9 Å². The maximum absolute atomic E-state index is 6.53. The summed E-state index contributed by atoms with van der Waals surface area (Å²) in [6.45, 7) is 5.73. The fourth-order valence-electron chi connectivity index (χ4n) is 3.05. The molecule has 1 saturated carbocycles. The van der Waals surface area contributed by atoms with E-state index in [1.54, 1.807) is 0 Å². The molecule has 1 aliphatic heterocycles. The average Bonchev–Trinajstić information content (AvgIpc) is 3.05. The lowest BCUT2D eigenvalue weighted by Crippen LogP contribution is -2.49. The number of hydrogen-bond acceptors (Lipinski definition) is 3. The van der Waals surface area contributed by atoms with Crippen molar-refractivity contribution in [2.24, 2.45) is 5.73 Å². The molecular weight excluding hydrogens is 222 g/mol. The summed E-state index contributed by atoms with van der Waals surface area (Å²) in [6, 6.07) is 10.7. The Labute approximate surface area is 110 Å². The number of piperazine rings is 1. The number of rotatable bonds is 3. The third-order valence-corrected chi connectivity index (χ3v) is 4.43. The van der Waals surface area contributed by atoms with Crippen LogP contribution in [0.25, 0.3) is 0 Å². The van der Waals surface area contributed by atoms with Crippen molar-refractivity contribution >= 4 is 0 Å². The van der Waals surface area contributed by atoms with Crippen molar-refractivity contribution in [3.63, 3.8) is 0 Å². The Bertz CT molecular complexity index is 397. The van der Waals surface area contributed by atoms with Crippen LogP contribution in [0.4, 0.5) is 0 Å². The van der Waals surface area contributed by atoms with Gasteiger partial charge in [0, 0.05) is 44.2 Å². The summed E-state index contributed by atoms with van der Waals surface area (Å²) in [5.41, 5.74) is 7.97. The van der Waals surface area contributed by atoms with Crippen molar-refractivity contribution < 1.29 is 0 Å². The molecule has 0 aromatic heterocycles. The van der Waals surface area contributed by atoms with Crippen molar-refractivity contribution in [3.8, 4) is 0 Å². The third kappa shape index (κ3) is 2.44. The second-order valence-electron chi connectivity index (χ2n) is 5.98. The van der Waals surface area contributed by atoms with Crippen molar-refractivity contribution in [3.05, 3.63) is 35.9 Å². The van der Waals surface area contributed by atoms with E-state index in [4.69, 9.17) is 5.73 Å². The minimum Gasteiger partial charge on any atom is -0.323 e. The van der Waals surface area contributed by atoms with Crippen LogP contribution < -0.4 is 5.73 Å². The second-order valence-corrected chi connectivity index (χ2v) is 5.98. The number of nitrogens with zero attached hydrogens (tertiary/aromatic N) is 2. The summed E-state index contributed by atoms with van der Waals surface area (Å²) in [5, 5.41) is 0. The van der Waals surface area contributed by atoms with Crippen LogP contribution in [0, 0.1) is 0 Å². The van der Waals surface area contributed by atoms with Gasteiger partial charge in [0.15, 0.2) is 0 Å². The Kier molecular flexibility index (Phi) is 3.14. The van der Waals surface area contributed by atoms with Gasteiger partial charge < -0.3 is 10.6 Å². The standard InChI is InChI=1S/C15H23N3/c1-17-7-9-18(10-8-17)12-15(16)11-14(15)13-5-3-2-4-6-13/h2-6,14H,7-12,16H2,1H3. The molecule has 0 radical (unpaired) electrons. The van der Waals surface area contributed by atoms with Crippen molar-refractivity contribution in [1.29, 1.82) is 0 Å². The first-order valence-corrected chi connectivity index (χ1v) is 6.92. The molecule has 3 heteroatoms. The van der Waals surface area contributed by atoms with Gasteiger partial charge in [-0.15, -0.1) is 0 Å². The van der Waals surface area contributed by atoms with Gasteiger partial charge in [-0.25, -0.2) is 0 Å². The number of nitrogens with two attached hydrogens (primary N) is 1. The molecule has 2 atom stereocenters. The minimum absolute atomic E-state index is 0.0251. The van der Waals surface area contributed by atoms with Gasteiger partial charge in [0.1, 0.15) is 0 Å². The Morgan fingerprint density at radius 3 is 2.50 bits per heavy atom. The molecule has 1 aromatic rings. The predicted molar refractivity (Wildman–Crippen MR) is 74.7 cm³/mol. The van der Waals surface area contributed by atoms with Crippen molar-refractivity contribution in [2.75, 3.05) is 39.8 Å². The fraction of sp³-hybridized carbons (Fsp3) is 0.600. The summed E-state index contributed by atoms with van der Waals surface area (Å²) in [4.78, 5) is 4.92. The van der Waals surface area contributed by atoms with Crippen LogP contribution >= 0.6 is 0 Å². The highest BCUT2D eigenvalue weighted by molar-refractivity contribution is 5.33. The normalized spacial score (nSPS) is 33.6. The molecule has 3 nitrogen and oxygen atoms in total. The maximum Gasteiger partial charge on any atom is 0.0360 e. The maximum atomic E-state index is 6.53. The van der Waals surface area contributed by atoms with Crippen LogP contribution in [0.2, 0.25) is 0 Å². The van der Waals surface area contributed by atoms with E-state index in [0.29, 0.717) is 5.92 Å². The zero-order valence-electron chi connectivity index (χ0n) is 11.2. The van der Waals surface area contributed by atoms with E-state index in [9.17, 15) is 0 Å². The van der Waals surface area contributed by atoms with E-state index in [1.165, 1.54) is 18.7 Å². The smallest absolute Gasteiger partial charge is 0.0360 e. The van der Waals surface area contributed by atoms with Gasteiger partial charge in [-0.05, 0) is 19.0 Å². The Balaban J connectivity index is 1.58. The van der Waals surface area contributed by atoms with E-state index >= 15 is 0 Å². The highest BCUT2D eigenvalue weighted by Gasteiger charge is 2.52. The molecule has 3 rings (SSSR count). The fourth-order valence-corrected chi connectivity index (χ4v) is 3.05. The molecule has 2 N–H and O–H groups in total. The highest BCUT2D eigenvalue weighted by atomic mass is 15.3. The van der Waals surface area contributed by atoms with E-state index in [1.807, 2.05) is 0 Å². The monoisotopic (exact) mass is 245 g/mol. The van der Waals surface area contributed by atoms with Crippen LogP contribution in [0.15, 0.2) is 30.3 Å². The van der Waals surface area contributed by atoms with E-state index in [-0.39, 0.29) is 5.54 Å². The lowest BCUT2D eigenvalue weighted by atomic mass is 10.1. The molecule has 0 bridgehead atoms. The Hall–Kier alpha value is -0.900. The number of hydrogen-bond donors (Lipinski definition) is 1. The molecule has 1 heterocycles. The number of benzene rings is 1. The number of likely N-dealkylation sites (N-methyl/N-ethyl adjacent to an activating group) is 1. The summed E-state index contributed by atoms with van der Waals surface area (Å²) < 4.78 is 0.